The molecular formula is C52H88MoN4OS8. The minimum atomic E-state index is 0.668. The molecule has 8 aliphatic rings. The van der Waals surface area contributed by atoms with Gasteiger partial charge in [-0.1, -0.05) is 171 Å². The molecule has 0 saturated heterocycles. The van der Waals surface area contributed by atoms with Gasteiger partial charge < -0.3 is 119 Å². The van der Waals surface area contributed by atoms with E-state index in [0.29, 0.717) is 68.1 Å². The summed E-state index contributed by atoms with van der Waals surface area (Å²) in [6.45, 7) is 0. The number of nitrogens with zero attached hydrogens (tertiary/aromatic N) is 4. The molecule has 14 heteroatoms. The molecule has 0 aromatic carbocycles. The van der Waals surface area contributed by atoms with Crippen molar-refractivity contribution < 1.29 is 23.2 Å². The Morgan fingerprint density at radius 2 is 0.333 bits per heavy atom. The first-order valence-electron chi connectivity index (χ1n) is 27.3. The average Bonchev–Trinajstić information content (AvgIpc) is 3.35. The van der Waals surface area contributed by atoms with Crippen LogP contribution in [0.5, 0.6) is 0 Å². The first-order chi connectivity index (χ1) is 32.2. The van der Waals surface area contributed by atoms with Crippen LogP contribution < -0.4 is 0 Å². The van der Waals surface area contributed by atoms with E-state index in [0.717, 1.165) is 17.3 Å². The van der Waals surface area contributed by atoms with Crippen molar-refractivity contribution in [2.45, 2.75) is 305 Å². The Morgan fingerprint density at radius 1 is 0.242 bits per heavy atom. The summed E-state index contributed by atoms with van der Waals surface area (Å²) in [6, 6.07) is 5.35. The van der Waals surface area contributed by atoms with Crippen molar-refractivity contribution in [1.29, 1.82) is 0 Å². The molecule has 66 heavy (non-hydrogen) atoms. The molecule has 0 radical (unpaired) electrons. The van der Waals surface area contributed by atoms with Crippen molar-refractivity contribution in [2.75, 3.05) is 0 Å². The molecule has 8 saturated carbocycles. The van der Waals surface area contributed by atoms with Crippen molar-refractivity contribution in [3.63, 3.8) is 0 Å². The second-order valence-corrected chi connectivity index (χ2v) is 25.2. The van der Waals surface area contributed by atoms with Gasteiger partial charge in [0.2, 0.25) is 0 Å². The third kappa shape index (κ3) is 20.8. The van der Waals surface area contributed by atoms with Gasteiger partial charge in [-0.15, -0.1) is 0 Å². The van der Waals surface area contributed by atoms with E-state index in [1.165, 1.54) is 257 Å². The van der Waals surface area contributed by atoms with Gasteiger partial charge in [0.25, 0.3) is 0 Å². The molecule has 0 aliphatic heterocycles. The van der Waals surface area contributed by atoms with Crippen LogP contribution in [0.4, 0.5) is 0 Å². The molecule has 0 atom stereocenters. The molecule has 8 rings (SSSR count). The molecule has 0 N–H and O–H groups in total. The molecule has 376 valence electrons. The fourth-order valence-electron chi connectivity index (χ4n) is 13.3. The SMILES string of the molecule is S=C([S-])N(C1CCCCC1)C1CCCCC1.S=C([S-])N(C1CCCCC1)C1CCCCC1.S=C([S-])N(C1CCCCC1)C1CCCCC1.S=C([S-])N(C1CCCCC1)C1CCCCC1.[O]=[Mo+4]. The Balaban J connectivity index is 0.000000190. The zero-order valence-corrected chi connectivity index (χ0v) is 49.3. The Hall–Kier alpha value is 0.928. The normalized spacial score (nSPS) is 23.6. The molecule has 5 nitrogen and oxygen atoms in total. The number of rotatable bonds is 8. The van der Waals surface area contributed by atoms with Gasteiger partial charge in [0.1, 0.15) is 0 Å². The molecule has 0 unspecified atom stereocenters. The molecule has 0 amide bonds. The summed E-state index contributed by atoms with van der Waals surface area (Å²) >= 11 is 43.3. The van der Waals surface area contributed by atoms with Gasteiger partial charge in [0.05, 0.1) is 0 Å². The van der Waals surface area contributed by atoms with Crippen LogP contribution in [0.2, 0.25) is 0 Å². The second-order valence-electron chi connectivity index (χ2n) is 21.0. The minimum absolute atomic E-state index is 0.668. The molecule has 0 spiro atoms. The third-order valence-corrected chi connectivity index (χ3v) is 18.3. The molecule has 0 aromatic heterocycles. The van der Waals surface area contributed by atoms with E-state index in [4.69, 9.17) is 103 Å². The number of thiocarbonyl (C=S) groups is 4. The topological polar surface area (TPSA) is 30.0 Å². The van der Waals surface area contributed by atoms with E-state index >= 15 is 0 Å². The Kier molecular flexibility index (Phi) is 31.7. The van der Waals surface area contributed by atoms with E-state index in [1.54, 1.807) is 0 Å². The van der Waals surface area contributed by atoms with Crippen LogP contribution in [0.25, 0.3) is 0 Å². The monoisotopic (exact) mass is 1140 g/mol. The maximum absolute atomic E-state index is 8.26. The van der Waals surface area contributed by atoms with Crippen LogP contribution in [0.15, 0.2) is 0 Å². The molecule has 8 fully saturated rings. The summed E-state index contributed by atoms with van der Waals surface area (Å²) in [4.78, 5) is 9.73. The molecular weight excluding hydrogens is 1050 g/mol. The predicted octanol–water partition coefficient (Wildman–Crippen LogP) is 15.0. The first-order valence-corrected chi connectivity index (χ1v) is 31.4. The van der Waals surface area contributed by atoms with Crippen molar-refractivity contribution in [3.05, 3.63) is 0 Å². The first kappa shape index (κ1) is 59.5. The molecule has 8 aliphatic carbocycles. The average molecular weight is 1140 g/mol. The number of hydrogen-bond donors (Lipinski definition) is 0. The van der Waals surface area contributed by atoms with Crippen molar-refractivity contribution >= 4 is 117 Å². The van der Waals surface area contributed by atoms with E-state index in [2.05, 4.69) is 19.6 Å². The third-order valence-electron chi connectivity index (χ3n) is 16.6. The zero-order valence-electron chi connectivity index (χ0n) is 40.8. The molecule has 0 aromatic rings. The summed E-state index contributed by atoms with van der Waals surface area (Å²) in [6.07, 6.45) is 54.1. The zero-order chi connectivity index (χ0) is 47.5. The van der Waals surface area contributed by atoms with Crippen molar-refractivity contribution in [3.8, 4) is 0 Å². The van der Waals surface area contributed by atoms with Crippen LogP contribution in [-0.2, 0) is 73.7 Å². The maximum atomic E-state index is 8.26. The second kappa shape index (κ2) is 35.1. The van der Waals surface area contributed by atoms with Crippen molar-refractivity contribution in [1.82, 2.24) is 19.6 Å². The molecule has 0 heterocycles. The predicted molar refractivity (Wildman–Crippen MR) is 303 cm³/mol. The fourth-order valence-corrected chi connectivity index (χ4v) is 15.6. The van der Waals surface area contributed by atoms with Crippen LogP contribution in [0.1, 0.15) is 257 Å². The Morgan fingerprint density at radius 3 is 0.409 bits per heavy atom. The summed E-state index contributed by atoms with van der Waals surface area (Å²) in [5.74, 6) is 0. The van der Waals surface area contributed by atoms with Crippen LogP contribution >= 0.6 is 48.9 Å². The van der Waals surface area contributed by atoms with Gasteiger partial charge in [-0.2, -0.15) is 0 Å². The van der Waals surface area contributed by atoms with Gasteiger partial charge in [-0.05, 0) is 103 Å². The quantitative estimate of drug-likeness (QED) is 0.131. The van der Waals surface area contributed by atoms with Gasteiger partial charge in [0.15, 0.2) is 0 Å². The summed E-state index contributed by atoms with van der Waals surface area (Å²) in [5, 5.41) is 0. The van der Waals surface area contributed by atoms with Crippen molar-refractivity contribution in [2.24, 2.45) is 0 Å². The van der Waals surface area contributed by atoms with E-state index < -0.39 is 0 Å². The van der Waals surface area contributed by atoms with E-state index in [1.807, 2.05) is 0 Å². The Labute approximate surface area is 460 Å². The van der Waals surface area contributed by atoms with Crippen LogP contribution in [0, 0.1) is 0 Å². The standard InChI is InChI=1S/4C13H23NS2.Mo.O/c4*15-13(16)14(11-7-3-1-4-8-11)12-9-5-2-6-10-12;;/h4*11-12H,1-10H2,(H,15,16);;/q;;;;+4;/p-4. The Bertz CT molecular complexity index is 1080. The summed E-state index contributed by atoms with van der Waals surface area (Å²) in [5.41, 5.74) is 0. The number of hydrogen-bond acceptors (Lipinski definition) is 9. The molecule has 0 bridgehead atoms. The van der Waals surface area contributed by atoms with E-state index in [-0.39, 0.29) is 0 Å². The van der Waals surface area contributed by atoms with Gasteiger partial charge in [-0.3, -0.25) is 0 Å². The van der Waals surface area contributed by atoms with Gasteiger partial charge in [-0.25, -0.2) is 0 Å². The summed E-state index contributed by atoms with van der Waals surface area (Å²) < 4.78 is 11.2. The van der Waals surface area contributed by atoms with E-state index in [9.17, 15) is 0 Å². The van der Waals surface area contributed by atoms with Crippen LogP contribution in [0.3, 0.4) is 0 Å². The fraction of sp³-hybridized carbons (Fsp3) is 0.923. The van der Waals surface area contributed by atoms with Gasteiger partial charge in [0, 0.05) is 48.3 Å². The summed E-state index contributed by atoms with van der Waals surface area (Å²) in [7, 11) is 0. The van der Waals surface area contributed by atoms with Gasteiger partial charge >= 0.3 is 23.2 Å². The van der Waals surface area contributed by atoms with Crippen LogP contribution in [-0.4, -0.2) is 85.2 Å².